The maximum absolute atomic E-state index is 5.23. The number of aromatic nitrogens is 2. The number of nitrogens with one attached hydrogen (secondary N) is 1. The van der Waals surface area contributed by atoms with Crippen molar-refractivity contribution < 1.29 is 4.74 Å². The fourth-order valence-electron chi connectivity index (χ4n) is 0.611. The fourth-order valence-corrected chi connectivity index (χ4v) is 1.05. The second-order valence-electron chi connectivity index (χ2n) is 3.06. The molecule has 0 amide bonds. The van der Waals surface area contributed by atoms with Gasteiger partial charge in [0.1, 0.15) is 5.51 Å². The van der Waals surface area contributed by atoms with Crippen LogP contribution in [0.15, 0.2) is 5.51 Å². The summed E-state index contributed by atoms with van der Waals surface area (Å²) in [5, 5.41) is 11.5. The molecular formula is C7H13N3OS. The Morgan fingerprint density at radius 1 is 1.67 bits per heavy atom. The molecule has 0 unspecified atom stereocenters. The summed E-state index contributed by atoms with van der Waals surface area (Å²) in [4.78, 5) is 0. The first-order valence-electron chi connectivity index (χ1n) is 3.69. The van der Waals surface area contributed by atoms with Gasteiger partial charge in [-0.05, 0) is 13.8 Å². The van der Waals surface area contributed by atoms with Crippen LogP contribution in [0.1, 0.15) is 13.8 Å². The predicted molar refractivity (Wildman–Crippen MR) is 49.5 cm³/mol. The first-order valence-corrected chi connectivity index (χ1v) is 4.57. The molecule has 4 nitrogen and oxygen atoms in total. The van der Waals surface area contributed by atoms with Crippen LogP contribution in [0, 0.1) is 0 Å². The van der Waals surface area contributed by atoms with Crippen LogP contribution in [-0.4, -0.2) is 29.5 Å². The molecule has 0 aliphatic carbocycles. The molecule has 0 atom stereocenters. The minimum atomic E-state index is -0.161. The van der Waals surface area contributed by atoms with E-state index in [1.54, 1.807) is 12.6 Å². The van der Waals surface area contributed by atoms with Gasteiger partial charge in [-0.25, -0.2) is 0 Å². The van der Waals surface area contributed by atoms with Gasteiger partial charge in [-0.1, -0.05) is 11.3 Å². The molecule has 0 saturated carbocycles. The molecule has 1 heterocycles. The van der Waals surface area contributed by atoms with E-state index in [2.05, 4.69) is 15.5 Å². The van der Waals surface area contributed by atoms with Gasteiger partial charge in [-0.2, -0.15) is 0 Å². The predicted octanol–water partition coefficient (Wildman–Crippen LogP) is 1.37. The highest BCUT2D eigenvalue weighted by Gasteiger charge is 2.15. The third-order valence-electron chi connectivity index (χ3n) is 1.58. The standard InChI is InChI=1S/C7H13N3OS/c1-7(2,11-3)4-8-6-10-9-5-12-6/h5H,4H2,1-3H3,(H,8,10). The van der Waals surface area contributed by atoms with Crippen LogP contribution in [-0.2, 0) is 4.74 Å². The Kier molecular flexibility index (Phi) is 2.99. The highest BCUT2D eigenvalue weighted by atomic mass is 32.1. The van der Waals surface area contributed by atoms with Gasteiger partial charge in [0.15, 0.2) is 0 Å². The third kappa shape index (κ3) is 2.75. The third-order valence-corrected chi connectivity index (χ3v) is 2.23. The molecule has 0 aromatic carbocycles. The molecule has 0 aliphatic heterocycles. The van der Waals surface area contributed by atoms with Gasteiger partial charge in [0.2, 0.25) is 5.13 Å². The fraction of sp³-hybridized carbons (Fsp3) is 0.714. The number of hydrogen-bond acceptors (Lipinski definition) is 5. The van der Waals surface area contributed by atoms with Crippen molar-refractivity contribution in [2.75, 3.05) is 19.0 Å². The number of rotatable bonds is 4. The van der Waals surface area contributed by atoms with E-state index in [9.17, 15) is 0 Å². The summed E-state index contributed by atoms with van der Waals surface area (Å²) in [6.45, 7) is 4.76. The molecule has 0 radical (unpaired) electrons. The van der Waals surface area contributed by atoms with Crippen LogP contribution < -0.4 is 5.32 Å². The van der Waals surface area contributed by atoms with E-state index in [0.717, 1.165) is 11.7 Å². The van der Waals surface area contributed by atoms with Crippen LogP contribution in [0.2, 0.25) is 0 Å². The molecule has 1 aromatic heterocycles. The summed E-state index contributed by atoms with van der Waals surface area (Å²) in [6.07, 6.45) is 0. The second kappa shape index (κ2) is 3.82. The Labute approximate surface area is 76.0 Å². The lowest BCUT2D eigenvalue weighted by molar-refractivity contribution is 0.0343. The summed E-state index contributed by atoms with van der Waals surface area (Å²) >= 11 is 1.49. The lowest BCUT2D eigenvalue weighted by Crippen LogP contribution is -2.31. The quantitative estimate of drug-likeness (QED) is 0.773. The molecule has 0 spiro atoms. The molecule has 68 valence electrons. The number of methoxy groups -OCH3 is 1. The van der Waals surface area contributed by atoms with Gasteiger partial charge in [0.25, 0.3) is 0 Å². The summed E-state index contributed by atoms with van der Waals surface area (Å²) in [6, 6.07) is 0. The highest BCUT2D eigenvalue weighted by molar-refractivity contribution is 7.13. The average molecular weight is 187 g/mol. The zero-order valence-corrected chi connectivity index (χ0v) is 8.31. The van der Waals surface area contributed by atoms with E-state index >= 15 is 0 Å². The zero-order chi connectivity index (χ0) is 9.03. The Hall–Kier alpha value is -0.680. The molecule has 1 rings (SSSR count). The van der Waals surface area contributed by atoms with Gasteiger partial charge in [-0.15, -0.1) is 10.2 Å². The molecule has 1 aromatic rings. The van der Waals surface area contributed by atoms with E-state index in [1.165, 1.54) is 11.3 Å². The lowest BCUT2D eigenvalue weighted by atomic mass is 10.1. The first kappa shape index (κ1) is 9.41. The van der Waals surface area contributed by atoms with Crippen LogP contribution in [0.3, 0.4) is 0 Å². The number of anilines is 1. The van der Waals surface area contributed by atoms with E-state index in [0.29, 0.717) is 0 Å². The van der Waals surface area contributed by atoms with Crippen LogP contribution in [0.25, 0.3) is 0 Å². The smallest absolute Gasteiger partial charge is 0.205 e. The molecule has 0 bridgehead atoms. The van der Waals surface area contributed by atoms with Crippen molar-refractivity contribution in [3.63, 3.8) is 0 Å². The van der Waals surface area contributed by atoms with Crippen molar-refractivity contribution in [1.29, 1.82) is 0 Å². The summed E-state index contributed by atoms with van der Waals surface area (Å²) in [7, 11) is 1.70. The number of ether oxygens (including phenoxy) is 1. The van der Waals surface area contributed by atoms with E-state index in [1.807, 2.05) is 13.8 Å². The van der Waals surface area contributed by atoms with Gasteiger partial charge >= 0.3 is 0 Å². The Bertz CT molecular complexity index is 223. The SMILES string of the molecule is COC(C)(C)CNc1nncs1. The first-order chi connectivity index (χ1) is 5.64. The molecule has 0 aliphatic rings. The van der Waals surface area contributed by atoms with Crippen molar-refractivity contribution in [2.45, 2.75) is 19.4 Å². The largest absolute Gasteiger partial charge is 0.377 e. The Balaban J connectivity index is 2.36. The Morgan fingerprint density at radius 3 is 2.92 bits per heavy atom. The average Bonchev–Trinajstić information content (AvgIpc) is 2.53. The molecule has 5 heteroatoms. The minimum Gasteiger partial charge on any atom is -0.377 e. The highest BCUT2D eigenvalue weighted by Crippen LogP contribution is 2.12. The summed E-state index contributed by atoms with van der Waals surface area (Å²) in [5.41, 5.74) is 1.54. The monoisotopic (exact) mass is 187 g/mol. The van der Waals surface area contributed by atoms with Gasteiger partial charge in [-0.3, -0.25) is 0 Å². The van der Waals surface area contributed by atoms with Crippen molar-refractivity contribution in [1.82, 2.24) is 10.2 Å². The maximum Gasteiger partial charge on any atom is 0.205 e. The molecule has 0 saturated heterocycles. The number of nitrogens with zero attached hydrogens (tertiary/aromatic N) is 2. The molecule has 1 N–H and O–H groups in total. The number of hydrogen-bond donors (Lipinski definition) is 1. The van der Waals surface area contributed by atoms with Crippen LogP contribution >= 0.6 is 11.3 Å². The van der Waals surface area contributed by atoms with E-state index in [4.69, 9.17) is 4.74 Å². The summed E-state index contributed by atoms with van der Waals surface area (Å²) in [5.74, 6) is 0. The molecular weight excluding hydrogens is 174 g/mol. The second-order valence-corrected chi connectivity index (χ2v) is 3.89. The lowest BCUT2D eigenvalue weighted by Gasteiger charge is -2.22. The van der Waals surface area contributed by atoms with E-state index in [-0.39, 0.29) is 5.60 Å². The Morgan fingerprint density at radius 2 is 2.42 bits per heavy atom. The van der Waals surface area contributed by atoms with Crippen molar-refractivity contribution in [3.8, 4) is 0 Å². The summed E-state index contributed by atoms with van der Waals surface area (Å²) < 4.78 is 5.23. The van der Waals surface area contributed by atoms with Gasteiger partial charge < -0.3 is 10.1 Å². The van der Waals surface area contributed by atoms with Crippen molar-refractivity contribution >= 4 is 16.5 Å². The molecule has 12 heavy (non-hydrogen) atoms. The topological polar surface area (TPSA) is 47.0 Å². The van der Waals surface area contributed by atoms with Gasteiger partial charge in [0, 0.05) is 13.7 Å². The van der Waals surface area contributed by atoms with Crippen molar-refractivity contribution in [3.05, 3.63) is 5.51 Å². The zero-order valence-electron chi connectivity index (χ0n) is 7.50. The maximum atomic E-state index is 5.23. The normalized spacial score (nSPS) is 11.6. The van der Waals surface area contributed by atoms with Crippen LogP contribution in [0.4, 0.5) is 5.13 Å². The van der Waals surface area contributed by atoms with Crippen LogP contribution in [0.5, 0.6) is 0 Å². The van der Waals surface area contributed by atoms with E-state index < -0.39 is 0 Å². The van der Waals surface area contributed by atoms with Crippen molar-refractivity contribution in [2.24, 2.45) is 0 Å². The molecule has 0 fully saturated rings. The van der Waals surface area contributed by atoms with Gasteiger partial charge in [0.05, 0.1) is 5.60 Å². The minimum absolute atomic E-state index is 0.161.